The molecule has 5 nitrogen and oxygen atoms in total. The topological polar surface area (TPSA) is 54.3 Å². The number of nitrogens with zero attached hydrogens (tertiary/aromatic N) is 3. The van der Waals surface area contributed by atoms with Crippen molar-refractivity contribution < 1.29 is 22.7 Å². The number of rotatable bonds is 2. The largest absolute Gasteiger partial charge is 0.465 e. The van der Waals surface area contributed by atoms with Gasteiger partial charge in [-0.1, -0.05) is 30.3 Å². The quantitative estimate of drug-likeness (QED) is 0.698. The van der Waals surface area contributed by atoms with Crippen molar-refractivity contribution in [1.29, 1.82) is 0 Å². The average Bonchev–Trinajstić information content (AvgIpc) is 2.60. The molecule has 25 heavy (non-hydrogen) atoms. The Labute approximate surface area is 149 Å². The highest BCUT2D eigenvalue weighted by atomic mass is 79.9. The second-order valence-electron chi connectivity index (χ2n) is 5.15. The Balaban J connectivity index is 2.28. The summed E-state index contributed by atoms with van der Waals surface area (Å²) in [5.74, 6) is -1.72. The molecular formula is C16H11BrF3N3O2. The summed E-state index contributed by atoms with van der Waals surface area (Å²) >= 11 is 3.27. The third kappa shape index (κ3) is 2.88. The molecule has 130 valence electrons. The number of fused-ring (bicyclic) bond motifs is 1. The first-order chi connectivity index (χ1) is 11.8. The number of carbonyl (C=O) groups excluding carboxylic acids is 1. The molecule has 0 fully saturated rings. The number of hydrogen-bond donors (Lipinski definition) is 0. The van der Waals surface area contributed by atoms with Crippen LogP contribution in [0.3, 0.4) is 0 Å². The SMILES string of the molecule is COC(=O)C1(C(F)(F)F)N=C2C=CC(Br)=CN2C(c2ccccc2)=N1. The second kappa shape index (κ2) is 6.14. The lowest BCUT2D eigenvalue weighted by molar-refractivity contribution is -0.202. The fourth-order valence-corrected chi connectivity index (χ4v) is 2.73. The fraction of sp³-hybridized carbons (Fsp3) is 0.188. The summed E-state index contributed by atoms with van der Waals surface area (Å²) in [6.45, 7) is 0. The molecule has 0 saturated carbocycles. The number of halogens is 4. The predicted octanol–water partition coefficient (Wildman–Crippen LogP) is 3.39. The smallest absolute Gasteiger partial charge is 0.445 e. The molecule has 1 aromatic rings. The molecule has 0 N–H and O–H groups in total. The predicted molar refractivity (Wildman–Crippen MR) is 89.2 cm³/mol. The number of carbonyl (C=O) groups is 1. The highest BCUT2D eigenvalue weighted by Crippen LogP contribution is 2.40. The molecule has 2 aliphatic heterocycles. The van der Waals surface area contributed by atoms with E-state index < -0.39 is 17.8 Å². The third-order valence-corrected chi connectivity index (χ3v) is 4.03. The van der Waals surface area contributed by atoms with Crippen LogP contribution in [0.25, 0.3) is 0 Å². The molecule has 0 amide bonds. The summed E-state index contributed by atoms with van der Waals surface area (Å²) in [7, 11) is 0.868. The number of methoxy groups -OCH3 is 1. The zero-order chi connectivity index (χ0) is 18.2. The lowest BCUT2D eigenvalue weighted by Crippen LogP contribution is -2.55. The maximum atomic E-state index is 13.8. The van der Waals surface area contributed by atoms with Gasteiger partial charge in [0.15, 0.2) is 0 Å². The number of benzene rings is 1. The van der Waals surface area contributed by atoms with Crippen molar-refractivity contribution in [2.75, 3.05) is 7.11 Å². The molecule has 0 bridgehead atoms. The highest BCUT2D eigenvalue weighted by molar-refractivity contribution is 9.11. The Morgan fingerprint density at radius 1 is 1.20 bits per heavy atom. The number of hydrogen-bond acceptors (Lipinski definition) is 5. The van der Waals surface area contributed by atoms with Gasteiger partial charge in [-0.25, -0.2) is 14.8 Å². The van der Waals surface area contributed by atoms with Crippen LogP contribution in [0.15, 0.2) is 63.2 Å². The van der Waals surface area contributed by atoms with Gasteiger partial charge in [0, 0.05) is 16.2 Å². The lowest BCUT2D eigenvalue weighted by Gasteiger charge is -2.36. The third-order valence-electron chi connectivity index (χ3n) is 3.56. The summed E-state index contributed by atoms with van der Waals surface area (Å²) in [4.78, 5) is 20.7. The molecule has 9 heteroatoms. The van der Waals surface area contributed by atoms with E-state index in [1.54, 1.807) is 30.3 Å². The van der Waals surface area contributed by atoms with Crippen molar-refractivity contribution in [2.45, 2.75) is 11.8 Å². The van der Waals surface area contributed by atoms with E-state index in [0.29, 0.717) is 10.0 Å². The summed E-state index contributed by atoms with van der Waals surface area (Å²) in [5.41, 5.74) is -2.94. The Hall–Kier alpha value is -2.42. The van der Waals surface area contributed by atoms with Gasteiger partial charge < -0.3 is 4.74 Å². The Morgan fingerprint density at radius 3 is 2.48 bits per heavy atom. The number of amidine groups is 2. The molecule has 0 aromatic heterocycles. The first kappa shape index (κ1) is 17.4. The summed E-state index contributed by atoms with van der Waals surface area (Å²) < 4.78 is 46.3. The van der Waals surface area contributed by atoms with E-state index in [-0.39, 0.29) is 11.7 Å². The van der Waals surface area contributed by atoms with E-state index in [1.807, 2.05) is 0 Å². The maximum Gasteiger partial charge on any atom is 0.445 e. The maximum absolute atomic E-state index is 13.8. The molecular weight excluding hydrogens is 403 g/mol. The minimum atomic E-state index is -5.06. The molecule has 0 spiro atoms. The van der Waals surface area contributed by atoms with Gasteiger partial charge in [0.25, 0.3) is 0 Å². The van der Waals surface area contributed by atoms with Gasteiger partial charge in [0.1, 0.15) is 11.7 Å². The standard InChI is InChI=1S/C16H11BrF3N3O2/c1-25-14(24)15(16(18,19)20)21-12-8-7-11(17)9-23(12)13(22-15)10-5-3-2-4-6-10/h2-9H,1H3. The zero-order valence-electron chi connectivity index (χ0n) is 12.8. The highest BCUT2D eigenvalue weighted by Gasteiger charge is 2.64. The van der Waals surface area contributed by atoms with Gasteiger partial charge in [-0.05, 0) is 28.1 Å². The average molecular weight is 414 g/mol. The number of ether oxygens (including phenoxy) is 1. The van der Waals surface area contributed by atoms with Crippen molar-refractivity contribution in [1.82, 2.24) is 4.90 Å². The molecule has 0 saturated heterocycles. The van der Waals surface area contributed by atoms with Gasteiger partial charge in [0.2, 0.25) is 0 Å². The Kier molecular flexibility index (Phi) is 4.28. The molecule has 3 rings (SSSR count). The van der Waals surface area contributed by atoms with Crippen LogP contribution in [0.4, 0.5) is 13.2 Å². The van der Waals surface area contributed by atoms with Crippen molar-refractivity contribution in [3.05, 3.63) is 58.7 Å². The van der Waals surface area contributed by atoms with Crippen molar-refractivity contribution in [2.24, 2.45) is 9.98 Å². The minimum Gasteiger partial charge on any atom is -0.465 e. The zero-order valence-corrected chi connectivity index (χ0v) is 14.4. The van der Waals surface area contributed by atoms with Crippen LogP contribution in [-0.4, -0.2) is 41.5 Å². The van der Waals surface area contributed by atoms with E-state index >= 15 is 0 Å². The first-order valence-corrected chi connectivity index (χ1v) is 7.83. The summed E-state index contributed by atoms with van der Waals surface area (Å²) in [6.07, 6.45) is -0.638. The number of esters is 1. The van der Waals surface area contributed by atoms with E-state index in [4.69, 9.17) is 0 Å². The van der Waals surface area contributed by atoms with E-state index in [1.165, 1.54) is 23.3 Å². The molecule has 0 radical (unpaired) electrons. The summed E-state index contributed by atoms with van der Waals surface area (Å²) in [5, 5.41) is 0. The normalized spacial score (nSPS) is 22.6. The van der Waals surface area contributed by atoms with Gasteiger partial charge >= 0.3 is 17.8 Å². The van der Waals surface area contributed by atoms with Crippen LogP contribution in [-0.2, 0) is 9.53 Å². The van der Waals surface area contributed by atoms with Crippen LogP contribution in [0, 0.1) is 0 Å². The monoisotopic (exact) mass is 413 g/mol. The van der Waals surface area contributed by atoms with Crippen molar-refractivity contribution in [3.63, 3.8) is 0 Å². The van der Waals surface area contributed by atoms with Crippen LogP contribution >= 0.6 is 15.9 Å². The van der Waals surface area contributed by atoms with Crippen LogP contribution < -0.4 is 0 Å². The summed E-state index contributed by atoms with van der Waals surface area (Å²) in [6, 6.07) is 8.24. The van der Waals surface area contributed by atoms with Gasteiger partial charge in [0.05, 0.1) is 7.11 Å². The molecule has 1 atom stereocenters. The van der Waals surface area contributed by atoms with Gasteiger partial charge in [-0.2, -0.15) is 13.2 Å². The molecule has 2 heterocycles. The second-order valence-corrected chi connectivity index (χ2v) is 6.07. The lowest BCUT2D eigenvalue weighted by atomic mass is 10.1. The number of allylic oxidation sites excluding steroid dienone is 2. The number of alkyl halides is 3. The van der Waals surface area contributed by atoms with Gasteiger partial charge in [-0.3, -0.25) is 4.90 Å². The molecule has 2 aliphatic rings. The number of aliphatic imine (C=N–C) groups is 2. The van der Waals surface area contributed by atoms with Gasteiger partial charge in [-0.15, -0.1) is 0 Å². The molecule has 0 aliphatic carbocycles. The van der Waals surface area contributed by atoms with Crippen LogP contribution in [0.5, 0.6) is 0 Å². The van der Waals surface area contributed by atoms with Crippen LogP contribution in [0.1, 0.15) is 5.56 Å². The van der Waals surface area contributed by atoms with E-state index in [2.05, 4.69) is 30.7 Å². The minimum absolute atomic E-state index is 0.0605. The molecule has 1 unspecified atom stereocenters. The molecule has 1 aromatic carbocycles. The Morgan fingerprint density at radius 2 is 1.88 bits per heavy atom. The Bertz CT molecular complexity index is 831. The fourth-order valence-electron chi connectivity index (χ4n) is 2.39. The van der Waals surface area contributed by atoms with E-state index in [9.17, 15) is 18.0 Å². The van der Waals surface area contributed by atoms with E-state index in [0.717, 1.165) is 7.11 Å². The van der Waals surface area contributed by atoms with Crippen molar-refractivity contribution >= 4 is 33.6 Å². The first-order valence-electron chi connectivity index (χ1n) is 7.03. The van der Waals surface area contributed by atoms with Crippen molar-refractivity contribution in [3.8, 4) is 0 Å². The van der Waals surface area contributed by atoms with Crippen LogP contribution in [0.2, 0.25) is 0 Å².